The normalized spacial score (nSPS) is 11.1. The molecule has 0 aliphatic carbocycles. The first-order valence-corrected chi connectivity index (χ1v) is 37.7. The van der Waals surface area contributed by atoms with Gasteiger partial charge in [-0.05, 0) is 127 Å². The molecule has 2 heterocycles. The number of sulfone groups is 1. The van der Waals surface area contributed by atoms with Gasteiger partial charge in [-0.2, -0.15) is 0 Å². The Morgan fingerprint density at radius 1 is 0.544 bits per heavy atom. The van der Waals surface area contributed by atoms with Crippen LogP contribution < -0.4 is 55.9 Å². The molecule has 10 rings (SSSR count). The van der Waals surface area contributed by atoms with Crippen LogP contribution in [0.25, 0.3) is 10.8 Å². The van der Waals surface area contributed by atoms with Gasteiger partial charge < -0.3 is 42.2 Å². The summed E-state index contributed by atoms with van der Waals surface area (Å²) in [5, 5.41) is 18.3. The molecule has 31 nitrogen and oxygen atoms in total. The molecule has 0 unspecified atom stereocenters. The quantitative estimate of drug-likeness (QED) is 0.0207. The number of halogens is 1. The van der Waals surface area contributed by atoms with Crippen molar-refractivity contribution in [2.24, 2.45) is 5.73 Å². The first-order chi connectivity index (χ1) is 48.5. The van der Waals surface area contributed by atoms with Crippen molar-refractivity contribution in [2.45, 2.75) is 52.1 Å². The lowest BCUT2D eigenvalue weighted by Gasteiger charge is -2.17. The van der Waals surface area contributed by atoms with E-state index in [1.807, 2.05) is 36.4 Å². The van der Waals surface area contributed by atoms with Gasteiger partial charge in [0.1, 0.15) is 17.9 Å². The molecule has 0 fully saturated rings. The molecule has 12 N–H and O–H groups in total. The monoisotopic (exact) mass is 1520 g/mol. The van der Waals surface area contributed by atoms with E-state index in [-0.39, 0.29) is 72.0 Å². The molecule has 0 aliphatic heterocycles. The standard InChI is InChI=1S/C18H16N2O4S.C15H16N2O3S.C13H12ClN3O3S.C11H12N4O3S.C9H11N3O4S/c1-12(21)19-13-6-8-14(9-7-13)25(23,24)20-17-10-11-18(22)16-5-3-2-4-15(16)17;1-12(18)17-14-7-9-15(10-8-14)21(19,20)16-11-13-5-3-2-4-6-13;1-17(9-6-4-3-5-7-9)12(18)11-10(14)8-15-13(16-11)21(2,19)20;1-18-11-6-10(13-7-14-11)15-19(16,17)9-4-2-8(12)3-5-9;1-6(13)11-7-2-4-8(5-3-7)17(15,16)12-9(10)14/h2-11,20,22H,1H3,(H,19,21);2-10,16H,11H2,1H3,(H,17,18);3-8H,1-2H3;2-7H,12H2,1H3,(H,13,14,15);2-5H,1H3,(H,11,13)(H3,10,12,14). The van der Waals surface area contributed by atoms with Crippen LogP contribution in [0, 0.1) is 0 Å². The number of nitrogens with one attached hydrogen (secondary N) is 7. The summed E-state index contributed by atoms with van der Waals surface area (Å²) in [6, 6.07) is 51.3. The minimum Gasteiger partial charge on any atom is -0.507 e. The van der Waals surface area contributed by atoms with E-state index in [4.69, 9.17) is 27.8 Å². The highest BCUT2D eigenvalue weighted by atomic mass is 35.5. The molecule has 6 amide bonds. The molecule has 8 aromatic carbocycles. The van der Waals surface area contributed by atoms with Gasteiger partial charge in [0.05, 0.1) is 43.6 Å². The van der Waals surface area contributed by atoms with Crippen LogP contribution in [0.4, 0.5) is 44.7 Å². The summed E-state index contributed by atoms with van der Waals surface area (Å²) in [5.41, 5.74) is 14.0. The molecule has 10 aromatic rings. The Morgan fingerprint density at radius 2 is 0.990 bits per heavy atom. The first-order valence-electron chi connectivity index (χ1n) is 29.5. The van der Waals surface area contributed by atoms with E-state index in [0.717, 1.165) is 18.0 Å². The van der Waals surface area contributed by atoms with Gasteiger partial charge >= 0.3 is 6.03 Å². The molecule has 0 saturated carbocycles. The fourth-order valence-corrected chi connectivity index (χ4v) is 13.0. The second kappa shape index (κ2) is 36.1. The summed E-state index contributed by atoms with van der Waals surface area (Å²) in [7, 11) is -15.7. The Bertz CT molecular complexity index is 5260. The summed E-state index contributed by atoms with van der Waals surface area (Å²) in [5.74, 6) is -0.738. The number of methoxy groups -OCH3 is 1. The highest BCUT2D eigenvalue weighted by Gasteiger charge is 2.24. The van der Waals surface area contributed by atoms with Crippen LogP contribution in [0.5, 0.6) is 11.6 Å². The van der Waals surface area contributed by atoms with Crippen molar-refractivity contribution in [1.29, 1.82) is 0 Å². The van der Waals surface area contributed by atoms with Crippen LogP contribution in [-0.2, 0) is 70.9 Å². The highest BCUT2D eigenvalue weighted by Crippen LogP contribution is 2.32. The first kappa shape index (κ1) is 80.3. The number of aromatic hydroxyl groups is 1. The highest BCUT2D eigenvalue weighted by molar-refractivity contribution is 7.93. The number of benzene rings is 8. The van der Waals surface area contributed by atoms with E-state index in [1.54, 1.807) is 72.4 Å². The number of para-hydroxylation sites is 1. The van der Waals surface area contributed by atoms with Crippen molar-refractivity contribution in [1.82, 2.24) is 29.4 Å². The molecular weight excluding hydrogens is 1460 g/mol. The number of anilines is 7. The molecule has 0 bridgehead atoms. The number of hydrogen-bond acceptors (Lipinski definition) is 22. The Hall–Kier alpha value is -11.7. The van der Waals surface area contributed by atoms with Gasteiger partial charge in [0.2, 0.25) is 48.6 Å². The van der Waals surface area contributed by atoms with Crippen LogP contribution in [0.3, 0.4) is 0 Å². The number of nitrogens with two attached hydrogens (primary N) is 2. The topological polar surface area (TPSA) is 477 Å². The van der Waals surface area contributed by atoms with Gasteiger partial charge in [0, 0.05) is 85.9 Å². The molecule has 0 saturated heterocycles. The second-order valence-corrected chi connectivity index (χ2v) is 30.3. The maximum absolute atomic E-state index is 12.6. The largest absolute Gasteiger partial charge is 0.507 e. The average molecular weight is 1520 g/mol. The molecule has 540 valence electrons. The lowest BCUT2D eigenvalue weighted by molar-refractivity contribution is -0.115. The zero-order valence-corrected chi connectivity index (χ0v) is 60.0. The third-order valence-electron chi connectivity index (χ3n) is 13.1. The van der Waals surface area contributed by atoms with Gasteiger partial charge in [-0.25, -0.2) is 76.3 Å². The zero-order valence-electron chi connectivity index (χ0n) is 55.2. The average Bonchev–Trinajstić information content (AvgIpc) is 0.802. The van der Waals surface area contributed by atoms with Crippen LogP contribution >= 0.6 is 11.6 Å². The second-order valence-electron chi connectivity index (χ2n) is 21.1. The maximum atomic E-state index is 12.6. The van der Waals surface area contributed by atoms with E-state index in [0.29, 0.717) is 44.9 Å². The Kier molecular flexibility index (Phi) is 28.1. The third-order valence-corrected chi connectivity index (χ3v) is 19.8. The number of urea groups is 1. The lowest BCUT2D eigenvalue weighted by Crippen LogP contribution is -2.34. The van der Waals surface area contributed by atoms with E-state index < -0.39 is 67.0 Å². The van der Waals surface area contributed by atoms with Crippen LogP contribution in [0.15, 0.2) is 237 Å². The number of fused-ring (bicyclic) bond motifs is 1. The predicted octanol–water partition coefficient (Wildman–Crippen LogP) is 8.11. The van der Waals surface area contributed by atoms with Crippen molar-refractivity contribution >= 4 is 142 Å². The number of phenols is 1. The number of amides is 6. The van der Waals surface area contributed by atoms with E-state index in [9.17, 15) is 71.2 Å². The van der Waals surface area contributed by atoms with Gasteiger partial charge in [-0.1, -0.05) is 84.4 Å². The summed E-state index contributed by atoms with van der Waals surface area (Å²) in [6.07, 6.45) is 3.28. The number of carbonyl (C=O) groups is 5. The van der Waals surface area contributed by atoms with E-state index in [2.05, 4.69) is 50.1 Å². The number of nitrogen functional groups attached to an aromatic ring is 1. The van der Waals surface area contributed by atoms with Gasteiger partial charge in [-0.3, -0.25) is 28.6 Å². The number of nitrogens with zero attached hydrogens (tertiary/aromatic N) is 5. The summed E-state index contributed by atoms with van der Waals surface area (Å²) >= 11 is 5.91. The molecule has 0 spiro atoms. The molecule has 37 heteroatoms. The molecule has 0 atom stereocenters. The number of carbonyl (C=O) groups excluding carboxylic acids is 5. The zero-order chi connectivity index (χ0) is 75.9. The predicted molar refractivity (Wildman–Crippen MR) is 389 cm³/mol. The van der Waals surface area contributed by atoms with Gasteiger partial charge in [0.15, 0.2) is 5.69 Å². The van der Waals surface area contributed by atoms with E-state index >= 15 is 0 Å². The number of hydrogen-bond donors (Lipinski definition) is 10. The van der Waals surface area contributed by atoms with Crippen molar-refractivity contribution in [3.63, 3.8) is 0 Å². The summed E-state index contributed by atoms with van der Waals surface area (Å²) in [4.78, 5) is 72.1. The number of primary amides is 1. The van der Waals surface area contributed by atoms with Crippen molar-refractivity contribution in [3.05, 3.63) is 229 Å². The molecule has 2 aromatic heterocycles. The summed E-state index contributed by atoms with van der Waals surface area (Å²) in [6.45, 7) is 4.34. The van der Waals surface area contributed by atoms with Crippen LogP contribution in [0.1, 0.15) is 36.8 Å². The van der Waals surface area contributed by atoms with Crippen LogP contribution in [0.2, 0.25) is 5.02 Å². The van der Waals surface area contributed by atoms with Crippen molar-refractivity contribution in [2.75, 3.05) is 56.4 Å². The lowest BCUT2D eigenvalue weighted by atomic mass is 10.1. The number of sulfonamides is 4. The van der Waals surface area contributed by atoms with Crippen molar-refractivity contribution < 1.29 is 75.9 Å². The SMILES string of the molecule is CC(=O)Nc1ccc(S(=O)(=O)NC(N)=O)cc1.CC(=O)Nc1ccc(S(=O)(=O)NCc2ccccc2)cc1.CC(=O)Nc1ccc(S(=O)(=O)Nc2ccc(O)c3ccccc23)cc1.CN(C(=O)c1nc(S(C)(=O)=O)ncc1Cl)c1ccccc1.COc1cc(NS(=O)(=O)c2ccc(N)cc2)ncn1. The molecular formula is C66H67ClN14O17S5. The summed E-state index contributed by atoms with van der Waals surface area (Å²) < 4.78 is 133. The maximum Gasteiger partial charge on any atom is 0.326 e. The third kappa shape index (κ3) is 24.9. The number of aromatic nitrogens is 4. The number of phenolic OH excluding ortho intramolecular Hbond substituents is 1. The van der Waals surface area contributed by atoms with Crippen molar-refractivity contribution in [3.8, 4) is 11.6 Å². The van der Waals surface area contributed by atoms with E-state index in [1.165, 1.54) is 142 Å². The van der Waals surface area contributed by atoms with Gasteiger partial charge in [-0.15, -0.1) is 0 Å². The fraction of sp³-hybridized carbons (Fsp3) is 0.106. The minimum atomic E-state index is -3.94. The fourth-order valence-electron chi connectivity index (χ4n) is 8.34. The van der Waals surface area contributed by atoms with Gasteiger partial charge in [0.25, 0.3) is 36.0 Å². The smallest absolute Gasteiger partial charge is 0.326 e. The number of ether oxygens (including phenoxy) is 1. The van der Waals surface area contributed by atoms with Crippen LogP contribution in [-0.4, -0.2) is 117 Å². The molecule has 0 radical (unpaired) electrons. The minimum absolute atomic E-state index is 0.00446. The Balaban J connectivity index is 0.000000203. The molecule has 103 heavy (non-hydrogen) atoms. The molecule has 0 aliphatic rings. The Morgan fingerprint density at radius 3 is 1.47 bits per heavy atom. The number of rotatable bonds is 19. The Labute approximate surface area is 598 Å².